The van der Waals surface area contributed by atoms with Crippen LogP contribution in [-0.2, 0) is 21.7 Å². The van der Waals surface area contributed by atoms with Crippen molar-refractivity contribution >= 4 is 40.5 Å². The number of fused-ring (bicyclic) bond motifs is 1. The molecule has 0 spiro atoms. The monoisotopic (exact) mass is 470 g/mol. The molecule has 4 nitrogen and oxygen atoms in total. The molecule has 9 heteroatoms. The van der Waals surface area contributed by atoms with Crippen molar-refractivity contribution in [3.05, 3.63) is 63.1 Å². The molecule has 2 aromatic rings. The Balaban J connectivity index is 1.65. The smallest absolute Gasteiger partial charge is 0.374 e. The molecule has 0 saturated heterocycles. The van der Waals surface area contributed by atoms with Crippen LogP contribution in [0.15, 0.2) is 41.6 Å². The molecule has 31 heavy (non-hydrogen) atoms. The molecule has 2 aliphatic heterocycles. The van der Waals surface area contributed by atoms with Crippen molar-refractivity contribution in [3.8, 4) is 0 Å². The molecule has 2 aliphatic rings. The second kappa shape index (κ2) is 8.02. The Hall–Kier alpha value is -2.25. The summed E-state index contributed by atoms with van der Waals surface area (Å²) in [6.45, 7) is 2.50. The van der Waals surface area contributed by atoms with Crippen LogP contribution in [0.2, 0.25) is 10.0 Å². The van der Waals surface area contributed by atoms with Gasteiger partial charge in [0, 0.05) is 40.7 Å². The predicted molar refractivity (Wildman–Crippen MR) is 114 cm³/mol. The Kier molecular flexibility index (Phi) is 5.68. The van der Waals surface area contributed by atoms with Gasteiger partial charge >= 0.3 is 6.18 Å². The maximum atomic E-state index is 14.2. The van der Waals surface area contributed by atoms with Crippen LogP contribution in [-0.4, -0.2) is 24.3 Å². The molecule has 0 fully saturated rings. The Morgan fingerprint density at radius 3 is 2.55 bits per heavy atom. The highest BCUT2D eigenvalue weighted by molar-refractivity contribution is 6.34. The number of amides is 1. The summed E-state index contributed by atoms with van der Waals surface area (Å²) in [5.41, 5.74) is -0.463. The number of alkyl halides is 3. The standard InChI is InChI=1S/C22H19Cl2F3N2O2/c1-2-3-20(30)29-7-6-14-8-13(4-5-19(14)29)18-12-21(31-28-18,22(25,26)27)15-9-16(23)11-17(24)10-15/h4-5,8-11H,2-3,6-7,12H2,1H3. The Bertz CT molecular complexity index is 1050. The third-order valence-electron chi connectivity index (χ3n) is 5.59. The minimum absolute atomic E-state index is 0.0458. The zero-order valence-electron chi connectivity index (χ0n) is 16.6. The summed E-state index contributed by atoms with van der Waals surface area (Å²) in [5.74, 6) is 0.0458. The summed E-state index contributed by atoms with van der Waals surface area (Å²) in [7, 11) is 0. The fourth-order valence-corrected chi connectivity index (χ4v) is 4.56. The molecule has 0 N–H and O–H groups in total. The van der Waals surface area contributed by atoms with E-state index in [0.717, 1.165) is 17.7 Å². The van der Waals surface area contributed by atoms with E-state index in [9.17, 15) is 18.0 Å². The van der Waals surface area contributed by atoms with Crippen LogP contribution in [0.4, 0.5) is 18.9 Å². The maximum absolute atomic E-state index is 14.2. The summed E-state index contributed by atoms with van der Waals surface area (Å²) < 4.78 is 42.5. The van der Waals surface area contributed by atoms with Crippen LogP contribution < -0.4 is 4.90 Å². The van der Waals surface area contributed by atoms with Crippen molar-refractivity contribution in [2.24, 2.45) is 5.16 Å². The molecule has 2 aromatic carbocycles. The highest BCUT2D eigenvalue weighted by atomic mass is 35.5. The largest absolute Gasteiger partial charge is 0.435 e. The highest BCUT2D eigenvalue weighted by Gasteiger charge is 2.62. The molecule has 0 aliphatic carbocycles. The molecule has 1 amide bonds. The number of carbonyl (C=O) groups is 1. The minimum Gasteiger partial charge on any atom is -0.374 e. The topological polar surface area (TPSA) is 41.9 Å². The van der Waals surface area contributed by atoms with Gasteiger partial charge < -0.3 is 9.74 Å². The van der Waals surface area contributed by atoms with Gasteiger partial charge in [0.05, 0.1) is 5.71 Å². The molecule has 4 rings (SSSR count). The summed E-state index contributed by atoms with van der Waals surface area (Å²) in [5, 5.41) is 3.96. The lowest BCUT2D eigenvalue weighted by atomic mass is 9.86. The van der Waals surface area contributed by atoms with Crippen LogP contribution in [0.25, 0.3) is 0 Å². The summed E-state index contributed by atoms with van der Waals surface area (Å²) in [4.78, 5) is 19.1. The van der Waals surface area contributed by atoms with Gasteiger partial charge in [0.25, 0.3) is 5.60 Å². The quantitative estimate of drug-likeness (QED) is 0.528. The van der Waals surface area contributed by atoms with Crippen molar-refractivity contribution in [2.45, 2.75) is 44.4 Å². The molecule has 0 aromatic heterocycles. The maximum Gasteiger partial charge on any atom is 0.435 e. The summed E-state index contributed by atoms with van der Waals surface area (Å²) in [6, 6.07) is 8.97. The molecular weight excluding hydrogens is 452 g/mol. The van der Waals surface area contributed by atoms with E-state index >= 15 is 0 Å². The van der Waals surface area contributed by atoms with E-state index in [2.05, 4.69) is 5.16 Å². The average Bonchev–Trinajstić information content (AvgIpc) is 3.32. The van der Waals surface area contributed by atoms with Crippen molar-refractivity contribution in [1.82, 2.24) is 0 Å². The Morgan fingerprint density at radius 2 is 1.90 bits per heavy atom. The van der Waals surface area contributed by atoms with Crippen molar-refractivity contribution < 1.29 is 22.8 Å². The number of nitrogens with zero attached hydrogens (tertiary/aromatic N) is 2. The van der Waals surface area contributed by atoms with Gasteiger partial charge in [-0.2, -0.15) is 13.2 Å². The predicted octanol–water partition coefficient (Wildman–Crippen LogP) is 6.26. The minimum atomic E-state index is -4.74. The van der Waals surface area contributed by atoms with Crippen molar-refractivity contribution in [1.29, 1.82) is 0 Å². The molecule has 1 unspecified atom stereocenters. The zero-order chi connectivity index (χ0) is 22.4. The molecular formula is C22H19Cl2F3N2O2. The van der Waals surface area contributed by atoms with Crippen molar-refractivity contribution in [3.63, 3.8) is 0 Å². The average molecular weight is 471 g/mol. The van der Waals surface area contributed by atoms with Gasteiger partial charge in [-0.1, -0.05) is 41.3 Å². The lowest BCUT2D eigenvalue weighted by Gasteiger charge is -2.29. The number of hydrogen-bond acceptors (Lipinski definition) is 3. The SMILES string of the molecule is CCCC(=O)N1CCc2cc(C3=NOC(c4cc(Cl)cc(Cl)c4)(C(F)(F)F)C3)ccc21. The second-order valence-corrected chi connectivity index (χ2v) is 8.55. The third-order valence-corrected chi connectivity index (χ3v) is 6.02. The first kappa shape index (κ1) is 22.0. The molecule has 0 bridgehead atoms. The Labute approximate surface area is 187 Å². The summed E-state index contributed by atoms with van der Waals surface area (Å²) >= 11 is 11.9. The van der Waals surface area contributed by atoms with E-state index in [1.165, 1.54) is 18.2 Å². The number of anilines is 1. The van der Waals surface area contributed by atoms with E-state index in [0.29, 0.717) is 24.9 Å². The van der Waals surface area contributed by atoms with Crippen molar-refractivity contribution in [2.75, 3.05) is 11.4 Å². The van der Waals surface area contributed by atoms with E-state index in [1.807, 2.05) is 6.92 Å². The number of carbonyl (C=O) groups excluding carboxylic acids is 1. The fourth-order valence-electron chi connectivity index (χ4n) is 4.03. The van der Waals surface area contributed by atoms with Gasteiger partial charge in [0.15, 0.2) is 0 Å². The lowest BCUT2D eigenvalue weighted by molar-refractivity contribution is -0.275. The van der Waals surface area contributed by atoms with E-state index < -0.39 is 18.2 Å². The normalized spacial score (nSPS) is 20.5. The third kappa shape index (κ3) is 3.89. The molecule has 164 valence electrons. The number of rotatable bonds is 4. The lowest BCUT2D eigenvalue weighted by Crippen LogP contribution is -2.42. The highest BCUT2D eigenvalue weighted by Crippen LogP contribution is 2.50. The number of halogens is 5. The fraction of sp³-hybridized carbons (Fsp3) is 0.364. The van der Waals surface area contributed by atoms with Gasteiger partial charge in [0.1, 0.15) is 0 Å². The van der Waals surface area contributed by atoms with Gasteiger partial charge in [-0.05, 0) is 54.3 Å². The molecule has 0 radical (unpaired) electrons. The number of benzene rings is 2. The van der Waals surface area contributed by atoms with Gasteiger partial charge in [-0.15, -0.1) is 0 Å². The molecule has 0 saturated carbocycles. The van der Waals surface area contributed by atoms with E-state index in [4.69, 9.17) is 28.0 Å². The number of hydrogen-bond donors (Lipinski definition) is 0. The number of oxime groups is 1. The first-order chi connectivity index (χ1) is 14.6. The van der Waals surface area contributed by atoms with Gasteiger partial charge in [0.2, 0.25) is 5.91 Å². The Morgan fingerprint density at radius 1 is 1.19 bits per heavy atom. The van der Waals surface area contributed by atoms with Gasteiger partial charge in [-0.25, -0.2) is 0 Å². The van der Waals surface area contributed by atoms with Gasteiger partial charge in [-0.3, -0.25) is 4.79 Å². The van der Waals surface area contributed by atoms with Crippen LogP contribution in [0.1, 0.15) is 42.9 Å². The second-order valence-electron chi connectivity index (χ2n) is 7.68. The first-order valence-corrected chi connectivity index (χ1v) is 10.6. The van der Waals surface area contributed by atoms with E-state index in [-0.39, 0.29) is 27.2 Å². The molecule has 2 heterocycles. The summed E-state index contributed by atoms with van der Waals surface area (Å²) in [6.07, 6.45) is -3.40. The van der Waals surface area contributed by atoms with Crippen LogP contribution >= 0.6 is 23.2 Å². The van der Waals surface area contributed by atoms with Crippen LogP contribution in [0, 0.1) is 0 Å². The van der Waals surface area contributed by atoms with E-state index in [1.54, 1.807) is 23.1 Å². The zero-order valence-corrected chi connectivity index (χ0v) is 18.1. The van der Waals surface area contributed by atoms with Crippen LogP contribution in [0.5, 0.6) is 0 Å². The molecule has 1 atom stereocenters. The van der Waals surface area contributed by atoms with Crippen LogP contribution in [0.3, 0.4) is 0 Å². The first-order valence-electron chi connectivity index (χ1n) is 9.86.